The second kappa shape index (κ2) is 8.67. The SMILES string of the molecule is CC(CCc1ccccc1)NC(=O)c1ccc(SC(F)F)cc1. The van der Waals surface area contributed by atoms with Gasteiger partial charge < -0.3 is 5.32 Å². The Balaban J connectivity index is 1.83. The number of hydrogen-bond donors (Lipinski definition) is 1. The Labute approximate surface area is 139 Å². The molecule has 0 aliphatic heterocycles. The van der Waals surface area contributed by atoms with Crippen molar-refractivity contribution in [2.75, 3.05) is 0 Å². The number of amides is 1. The molecular formula is C18H19F2NOS. The molecule has 1 amide bonds. The minimum absolute atomic E-state index is 0.0396. The topological polar surface area (TPSA) is 29.1 Å². The molecule has 0 aliphatic carbocycles. The molecule has 0 saturated heterocycles. The predicted octanol–water partition coefficient (Wildman–Crippen LogP) is 4.75. The molecule has 2 nitrogen and oxygen atoms in total. The van der Waals surface area contributed by atoms with Gasteiger partial charge in [0.1, 0.15) is 0 Å². The normalized spacial score (nSPS) is 12.2. The Kier molecular flexibility index (Phi) is 6.59. The number of rotatable bonds is 7. The van der Waals surface area contributed by atoms with E-state index in [-0.39, 0.29) is 11.9 Å². The Morgan fingerprint density at radius 1 is 1.09 bits per heavy atom. The van der Waals surface area contributed by atoms with E-state index in [1.165, 1.54) is 5.56 Å². The van der Waals surface area contributed by atoms with Crippen molar-refractivity contribution in [2.45, 2.75) is 36.5 Å². The van der Waals surface area contributed by atoms with Crippen LogP contribution >= 0.6 is 11.8 Å². The second-order valence-corrected chi connectivity index (χ2v) is 6.37. The second-order valence-electron chi connectivity index (χ2n) is 5.30. The van der Waals surface area contributed by atoms with Crippen molar-refractivity contribution >= 4 is 17.7 Å². The highest BCUT2D eigenvalue weighted by Gasteiger charge is 2.11. The van der Waals surface area contributed by atoms with Gasteiger partial charge in [0, 0.05) is 16.5 Å². The molecule has 2 aromatic rings. The summed E-state index contributed by atoms with van der Waals surface area (Å²) in [6, 6.07) is 16.4. The predicted molar refractivity (Wildman–Crippen MR) is 90.0 cm³/mol. The molecule has 0 aromatic heterocycles. The maximum atomic E-state index is 12.3. The van der Waals surface area contributed by atoms with Crippen LogP contribution in [0.4, 0.5) is 8.78 Å². The molecule has 0 aliphatic rings. The maximum Gasteiger partial charge on any atom is 0.288 e. The van der Waals surface area contributed by atoms with Crippen LogP contribution in [0.3, 0.4) is 0 Å². The molecule has 1 atom stereocenters. The first kappa shape index (κ1) is 17.5. The van der Waals surface area contributed by atoms with E-state index in [0.29, 0.717) is 22.2 Å². The largest absolute Gasteiger partial charge is 0.350 e. The van der Waals surface area contributed by atoms with Crippen molar-refractivity contribution in [3.8, 4) is 0 Å². The quantitative estimate of drug-likeness (QED) is 0.740. The van der Waals surface area contributed by atoms with Gasteiger partial charge in [0.15, 0.2) is 0 Å². The molecular weight excluding hydrogens is 316 g/mol. The number of thioether (sulfide) groups is 1. The number of aryl methyl sites for hydroxylation is 1. The highest BCUT2D eigenvalue weighted by molar-refractivity contribution is 7.99. The van der Waals surface area contributed by atoms with Crippen LogP contribution in [0.5, 0.6) is 0 Å². The molecule has 0 spiro atoms. The van der Waals surface area contributed by atoms with Crippen molar-refractivity contribution in [1.82, 2.24) is 5.32 Å². The van der Waals surface area contributed by atoms with Gasteiger partial charge in [-0.05, 0) is 49.6 Å². The summed E-state index contributed by atoms with van der Waals surface area (Å²) in [5.74, 6) is -2.63. The summed E-state index contributed by atoms with van der Waals surface area (Å²) in [7, 11) is 0. The Morgan fingerprint density at radius 2 is 1.74 bits per heavy atom. The van der Waals surface area contributed by atoms with Gasteiger partial charge in [0.05, 0.1) is 0 Å². The summed E-state index contributed by atoms with van der Waals surface area (Å²) in [4.78, 5) is 12.6. The minimum atomic E-state index is -2.45. The number of alkyl halides is 2. The lowest BCUT2D eigenvalue weighted by atomic mass is 10.1. The third-order valence-corrected chi connectivity index (χ3v) is 4.15. The number of benzene rings is 2. The highest BCUT2D eigenvalue weighted by Crippen LogP contribution is 2.25. The van der Waals surface area contributed by atoms with Crippen molar-refractivity contribution in [2.24, 2.45) is 0 Å². The van der Waals surface area contributed by atoms with Crippen LogP contribution in [0.15, 0.2) is 59.5 Å². The van der Waals surface area contributed by atoms with Crippen LogP contribution in [0.2, 0.25) is 0 Å². The number of halogens is 2. The molecule has 5 heteroatoms. The lowest BCUT2D eigenvalue weighted by molar-refractivity contribution is 0.0938. The van der Waals surface area contributed by atoms with Gasteiger partial charge in [-0.25, -0.2) is 0 Å². The van der Waals surface area contributed by atoms with Gasteiger partial charge in [-0.15, -0.1) is 0 Å². The molecule has 0 fully saturated rings. The van der Waals surface area contributed by atoms with Crippen molar-refractivity contribution in [3.63, 3.8) is 0 Å². The van der Waals surface area contributed by atoms with Crippen LogP contribution in [0, 0.1) is 0 Å². The maximum absolute atomic E-state index is 12.3. The number of nitrogens with one attached hydrogen (secondary N) is 1. The molecule has 0 heterocycles. The molecule has 0 saturated carbocycles. The van der Waals surface area contributed by atoms with Gasteiger partial charge in [0.25, 0.3) is 11.7 Å². The highest BCUT2D eigenvalue weighted by atomic mass is 32.2. The zero-order valence-corrected chi connectivity index (χ0v) is 13.7. The van der Waals surface area contributed by atoms with Crippen LogP contribution < -0.4 is 5.32 Å². The average molecular weight is 335 g/mol. The summed E-state index contributed by atoms with van der Waals surface area (Å²) < 4.78 is 24.5. The van der Waals surface area contributed by atoms with Gasteiger partial charge in [-0.3, -0.25) is 4.79 Å². The molecule has 0 bridgehead atoms. The lowest BCUT2D eigenvalue weighted by Crippen LogP contribution is -2.32. The first-order valence-electron chi connectivity index (χ1n) is 7.44. The third-order valence-electron chi connectivity index (χ3n) is 3.43. The molecule has 1 unspecified atom stereocenters. The fourth-order valence-electron chi connectivity index (χ4n) is 2.19. The van der Waals surface area contributed by atoms with Gasteiger partial charge in [-0.2, -0.15) is 8.78 Å². The minimum Gasteiger partial charge on any atom is -0.350 e. The standard InChI is InChI=1S/C18H19F2NOS/c1-13(7-8-14-5-3-2-4-6-14)21-17(22)15-9-11-16(12-10-15)23-18(19)20/h2-6,9-13,18H,7-8H2,1H3,(H,21,22). The van der Waals surface area contributed by atoms with Crippen LogP contribution in [0.25, 0.3) is 0 Å². The molecule has 2 aromatic carbocycles. The van der Waals surface area contributed by atoms with Crippen molar-refractivity contribution < 1.29 is 13.6 Å². The number of carbonyl (C=O) groups is 1. The Morgan fingerprint density at radius 3 is 2.35 bits per heavy atom. The van der Waals surface area contributed by atoms with E-state index in [1.807, 2.05) is 25.1 Å². The fraction of sp³-hybridized carbons (Fsp3) is 0.278. The van der Waals surface area contributed by atoms with Gasteiger partial charge in [-0.1, -0.05) is 42.1 Å². The van der Waals surface area contributed by atoms with E-state index in [1.54, 1.807) is 24.3 Å². The van der Waals surface area contributed by atoms with E-state index in [9.17, 15) is 13.6 Å². The van der Waals surface area contributed by atoms with E-state index in [4.69, 9.17) is 0 Å². The first-order chi connectivity index (χ1) is 11.0. The van der Waals surface area contributed by atoms with Gasteiger partial charge in [0.2, 0.25) is 0 Å². The lowest BCUT2D eigenvalue weighted by Gasteiger charge is -2.14. The zero-order valence-electron chi connectivity index (χ0n) is 12.8. The molecule has 23 heavy (non-hydrogen) atoms. The smallest absolute Gasteiger partial charge is 0.288 e. The molecule has 2 rings (SSSR count). The number of hydrogen-bond acceptors (Lipinski definition) is 2. The summed E-state index contributed by atoms with van der Waals surface area (Å²) in [5, 5.41) is 2.93. The summed E-state index contributed by atoms with van der Waals surface area (Å²) >= 11 is 0.473. The first-order valence-corrected chi connectivity index (χ1v) is 8.32. The summed E-state index contributed by atoms with van der Waals surface area (Å²) in [5.41, 5.74) is 1.72. The van der Waals surface area contributed by atoms with Crippen LogP contribution in [-0.4, -0.2) is 17.7 Å². The monoisotopic (exact) mass is 335 g/mol. The zero-order chi connectivity index (χ0) is 16.7. The average Bonchev–Trinajstić information content (AvgIpc) is 2.54. The fourth-order valence-corrected chi connectivity index (χ4v) is 2.69. The molecule has 1 N–H and O–H groups in total. The summed E-state index contributed by atoms with van der Waals surface area (Å²) in [6.07, 6.45) is 1.74. The van der Waals surface area contributed by atoms with Gasteiger partial charge >= 0.3 is 0 Å². The van der Waals surface area contributed by atoms with Crippen LogP contribution in [-0.2, 0) is 6.42 Å². The Hall–Kier alpha value is -1.88. The third kappa shape index (κ3) is 6.02. The molecule has 122 valence electrons. The number of carbonyl (C=O) groups excluding carboxylic acids is 1. The Bertz CT molecular complexity index is 617. The molecule has 0 radical (unpaired) electrons. The summed E-state index contributed by atoms with van der Waals surface area (Å²) in [6.45, 7) is 1.96. The van der Waals surface area contributed by atoms with E-state index in [0.717, 1.165) is 12.8 Å². The van der Waals surface area contributed by atoms with E-state index < -0.39 is 5.76 Å². The van der Waals surface area contributed by atoms with E-state index >= 15 is 0 Å². The van der Waals surface area contributed by atoms with Crippen molar-refractivity contribution in [3.05, 3.63) is 65.7 Å². The van der Waals surface area contributed by atoms with Crippen molar-refractivity contribution in [1.29, 1.82) is 0 Å². The van der Waals surface area contributed by atoms with E-state index in [2.05, 4.69) is 17.4 Å². The van der Waals surface area contributed by atoms with Crippen LogP contribution in [0.1, 0.15) is 29.3 Å².